The van der Waals surface area contributed by atoms with Gasteiger partial charge < -0.3 is 19.5 Å². The smallest absolute Gasteiger partial charge is 0.343 e. The SMILES string of the molecule is COc1ccc(C(=O)Oc2ccc(C=C(C#N)C(=O)Nc3ccc([N+](=O)[O-])cc3)cc2OC)cc1. The second kappa shape index (κ2) is 11.1. The van der Waals surface area contributed by atoms with Gasteiger partial charge in [0.05, 0.1) is 24.7 Å². The highest BCUT2D eigenvalue weighted by Crippen LogP contribution is 2.30. The summed E-state index contributed by atoms with van der Waals surface area (Å²) in [5.74, 6) is -0.334. The van der Waals surface area contributed by atoms with Gasteiger partial charge in [-0.2, -0.15) is 5.26 Å². The fraction of sp³-hybridized carbons (Fsp3) is 0.0800. The molecular formula is C25H19N3O7. The molecule has 3 aromatic carbocycles. The molecule has 10 nitrogen and oxygen atoms in total. The predicted molar refractivity (Wildman–Crippen MR) is 126 cm³/mol. The molecule has 0 atom stereocenters. The van der Waals surface area contributed by atoms with Gasteiger partial charge in [0.2, 0.25) is 0 Å². The van der Waals surface area contributed by atoms with E-state index in [4.69, 9.17) is 14.2 Å². The van der Waals surface area contributed by atoms with Crippen molar-refractivity contribution in [2.24, 2.45) is 0 Å². The number of carbonyl (C=O) groups is 2. The lowest BCUT2D eigenvalue weighted by atomic mass is 10.1. The first-order valence-electron chi connectivity index (χ1n) is 10.1. The number of nitro groups is 1. The zero-order valence-corrected chi connectivity index (χ0v) is 18.7. The van der Waals surface area contributed by atoms with Crippen molar-refractivity contribution in [3.8, 4) is 23.3 Å². The molecule has 1 N–H and O–H groups in total. The van der Waals surface area contributed by atoms with E-state index in [0.717, 1.165) is 0 Å². The van der Waals surface area contributed by atoms with E-state index in [1.807, 2.05) is 6.07 Å². The lowest BCUT2D eigenvalue weighted by Gasteiger charge is -2.10. The third-order valence-electron chi connectivity index (χ3n) is 4.73. The van der Waals surface area contributed by atoms with Gasteiger partial charge in [0.1, 0.15) is 17.4 Å². The molecule has 3 rings (SSSR count). The van der Waals surface area contributed by atoms with Crippen LogP contribution in [0.1, 0.15) is 15.9 Å². The second-order valence-corrected chi connectivity index (χ2v) is 6.96. The van der Waals surface area contributed by atoms with Crippen molar-refractivity contribution in [1.29, 1.82) is 5.26 Å². The van der Waals surface area contributed by atoms with E-state index < -0.39 is 16.8 Å². The molecule has 0 aliphatic carbocycles. The number of ether oxygens (including phenoxy) is 3. The number of rotatable bonds is 8. The number of nitrogens with one attached hydrogen (secondary N) is 1. The summed E-state index contributed by atoms with van der Waals surface area (Å²) in [7, 11) is 2.91. The lowest BCUT2D eigenvalue weighted by molar-refractivity contribution is -0.384. The molecule has 0 unspecified atom stereocenters. The fourth-order valence-corrected chi connectivity index (χ4v) is 2.92. The number of hydrogen-bond acceptors (Lipinski definition) is 8. The van der Waals surface area contributed by atoms with E-state index >= 15 is 0 Å². The molecule has 1 amide bonds. The minimum atomic E-state index is -0.699. The first kappa shape index (κ1) is 24.5. The molecule has 0 radical (unpaired) electrons. The van der Waals surface area contributed by atoms with Crippen LogP contribution in [0.3, 0.4) is 0 Å². The third-order valence-corrected chi connectivity index (χ3v) is 4.73. The van der Waals surface area contributed by atoms with Gasteiger partial charge in [-0.3, -0.25) is 14.9 Å². The molecule has 0 aromatic heterocycles. The van der Waals surface area contributed by atoms with E-state index in [9.17, 15) is 25.0 Å². The number of nitro benzene ring substituents is 1. The molecule has 10 heteroatoms. The van der Waals surface area contributed by atoms with Gasteiger partial charge in [-0.05, 0) is 60.2 Å². The number of benzene rings is 3. The van der Waals surface area contributed by atoms with E-state index in [1.54, 1.807) is 30.3 Å². The van der Waals surface area contributed by atoms with Crippen molar-refractivity contribution in [3.05, 3.63) is 93.5 Å². The molecule has 0 aliphatic rings. The van der Waals surface area contributed by atoms with Crippen LogP contribution in [0.5, 0.6) is 17.2 Å². The zero-order chi connectivity index (χ0) is 25.4. The minimum absolute atomic E-state index is 0.126. The maximum absolute atomic E-state index is 12.5. The number of carbonyl (C=O) groups excluding carboxylic acids is 2. The summed E-state index contributed by atoms with van der Waals surface area (Å²) in [6.45, 7) is 0. The Morgan fingerprint density at radius 3 is 2.23 bits per heavy atom. The predicted octanol–water partition coefficient (Wildman–Crippen LogP) is 4.38. The monoisotopic (exact) mass is 473 g/mol. The fourth-order valence-electron chi connectivity index (χ4n) is 2.92. The average Bonchev–Trinajstić information content (AvgIpc) is 2.88. The van der Waals surface area contributed by atoms with Gasteiger partial charge >= 0.3 is 5.97 Å². The largest absolute Gasteiger partial charge is 0.497 e. The normalized spacial score (nSPS) is 10.6. The maximum atomic E-state index is 12.5. The summed E-state index contributed by atoms with van der Waals surface area (Å²) in [4.78, 5) is 35.1. The van der Waals surface area contributed by atoms with Crippen LogP contribution in [-0.2, 0) is 4.79 Å². The quantitative estimate of drug-likeness (QED) is 0.127. The molecule has 0 heterocycles. The van der Waals surface area contributed by atoms with Gasteiger partial charge in [0.25, 0.3) is 11.6 Å². The Hall–Kier alpha value is -5.17. The Morgan fingerprint density at radius 2 is 1.66 bits per heavy atom. The Labute approximate surface area is 200 Å². The Balaban J connectivity index is 1.76. The Bertz CT molecular complexity index is 1320. The van der Waals surface area contributed by atoms with E-state index in [0.29, 0.717) is 22.6 Å². The highest BCUT2D eigenvalue weighted by atomic mass is 16.6. The number of hydrogen-bond donors (Lipinski definition) is 1. The number of amides is 1. The molecule has 0 fully saturated rings. The average molecular weight is 473 g/mol. The van der Waals surface area contributed by atoms with E-state index in [1.165, 1.54) is 56.7 Å². The van der Waals surface area contributed by atoms with Crippen molar-refractivity contribution in [1.82, 2.24) is 0 Å². The van der Waals surface area contributed by atoms with Gasteiger partial charge in [-0.25, -0.2) is 4.79 Å². The highest BCUT2D eigenvalue weighted by Gasteiger charge is 2.15. The van der Waals surface area contributed by atoms with Crippen LogP contribution in [-0.4, -0.2) is 31.0 Å². The standard InChI is InChI=1S/C25H19N3O7/c1-33-21-10-4-17(5-11-21)25(30)35-22-12-3-16(14-23(22)34-2)13-18(15-26)24(29)27-19-6-8-20(9-7-19)28(31)32/h3-14H,1-2H3,(H,27,29). The summed E-state index contributed by atoms with van der Waals surface area (Å²) >= 11 is 0. The van der Waals surface area contributed by atoms with Crippen molar-refractivity contribution in [3.63, 3.8) is 0 Å². The summed E-state index contributed by atoms with van der Waals surface area (Å²) in [5.41, 5.74) is 0.709. The molecule has 3 aromatic rings. The van der Waals surface area contributed by atoms with Crippen molar-refractivity contribution in [2.45, 2.75) is 0 Å². The molecule has 0 bridgehead atoms. The van der Waals surface area contributed by atoms with Crippen LogP contribution in [0, 0.1) is 21.4 Å². The van der Waals surface area contributed by atoms with E-state index in [2.05, 4.69) is 5.32 Å². The molecule has 176 valence electrons. The molecule has 0 aliphatic heterocycles. The van der Waals surface area contributed by atoms with Crippen molar-refractivity contribution >= 4 is 29.3 Å². The molecule has 0 spiro atoms. The van der Waals surface area contributed by atoms with Crippen LogP contribution in [0.15, 0.2) is 72.3 Å². The Morgan fingerprint density at radius 1 is 0.971 bits per heavy atom. The summed E-state index contributed by atoms with van der Waals surface area (Å²) in [6.07, 6.45) is 1.33. The van der Waals surface area contributed by atoms with Gasteiger partial charge in [-0.1, -0.05) is 6.07 Å². The number of nitriles is 1. The first-order valence-corrected chi connectivity index (χ1v) is 10.1. The number of nitrogens with zero attached hydrogens (tertiary/aromatic N) is 2. The van der Waals surface area contributed by atoms with Crippen LogP contribution in [0.25, 0.3) is 6.08 Å². The summed E-state index contributed by atoms with van der Waals surface area (Å²) in [5, 5.41) is 22.7. The molecule has 35 heavy (non-hydrogen) atoms. The van der Waals surface area contributed by atoms with Gasteiger partial charge in [0.15, 0.2) is 11.5 Å². The molecule has 0 saturated carbocycles. The van der Waals surface area contributed by atoms with Gasteiger partial charge in [-0.15, -0.1) is 0 Å². The maximum Gasteiger partial charge on any atom is 0.343 e. The number of anilines is 1. The van der Waals surface area contributed by atoms with E-state index in [-0.39, 0.29) is 22.8 Å². The van der Waals surface area contributed by atoms with Crippen LogP contribution in [0.4, 0.5) is 11.4 Å². The third kappa shape index (κ3) is 6.21. The molecule has 0 saturated heterocycles. The first-order chi connectivity index (χ1) is 16.8. The Kier molecular flexibility index (Phi) is 7.77. The van der Waals surface area contributed by atoms with Crippen molar-refractivity contribution in [2.75, 3.05) is 19.5 Å². The summed E-state index contributed by atoms with van der Waals surface area (Å²) < 4.78 is 15.8. The zero-order valence-electron chi connectivity index (χ0n) is 18.7. The topological polar surface area (TPSA) is 141 Å². The van der Waals surface area contributed by atoms with Crippen LogP contribution >= 0.6 is 0 Å². The highest BCUT2D eigenvalue weighted by molar-refractivity contribution is 6.09. The van der Waals surface area contributed by atoms with Crippen LogP contribution in [0.2, 0.25) is 0 Å². The number of non-ortho nitro benzene ring substituents is 1. The number of methoxy groups -OCH3 is 2. The summed E-state index contributed by atoms with van der Waals surface area (Å²) in [6, 6.07) is 17.9. The number of esters is 1. The van der Waals surface area contributed by atoms with Gasteiger partial charge in [0, 0.05) is 17.8 Å². The lowest BCUT2D eigenvalue weighted by Crippen LogP contribution is -2.13. The molecular weight excluding hydrogens is 454 g/mol. The van der Waals surface area contributed by atoms with Crippen LogP contribution < -0.4 is 19.5 Å². The minimum Gasteiger partial charge on any atom is -0.497 e. The van der Waals surface area contributed by atoms with Crippen molar-refractivity contribution < 1.29 is 28.7 Å². The second-order valence-electron chi connectivity index (χ2n) is 6.96.